The van der Waals surface area contributed by atoms with Gasteiger partial charge in [-0.3, -0.25) is 9.10 Å². The number of amides is 1. The maximum absolute atomic E-state index is 13.3. The molecular weight excluding hydrogens is 387 g/mol. The summed E-state index contributed by atoms with van der Waals surface area (Å²) < 4.78 is 40.5. The Morgan fingerprint density at radius 3 is 2.22 bits per heavy atom. The fourth-order valence-corrected chi connectivity index (χ4v) is 4.98. The second-order valence-electron chi connectivity index (χ2n) is 5.71. The number of carbonyl (C=O) groups excluding carboxylic acids is 1. The van der Waals surface area contributed by atoms with E-state index in [9.17, 15) is 17.6 Å². The van der Waals surface area contributed by atoms with Crippen LogP contribution < -0.4 is 9.21 Å². The van der Waals surface area contributed by atoms with Gasteiger partial charge in [-0.25, -0.2) is 12.8 Å². The first kappa shape index (κ1) is 19.1. The van der Waals surface area contributed by atoms with Crippen LogP contribution in [0.2, 0.25) is 0 Å². The van der Waals surface area contributed by atoms with Gasteiger partial charge in [0.2, 0.25) is 5.91 Å². The zero-order valence-corrected chi connectivity index (χ0v) is 16.1. The van der Waals surface area contributed by atoms with Gasteiger partial charge >= 0.3 is 0 Å². The highest BCUT2D eigenvalue weighted by molar-refractivity contribution is 7.94. The van der Waals surface area contributed by atoms with Crippen LogP contribution in [0.5, 0.6) is 0 Å². The number of thiophene rings is 1. The number of carbonyl (C=O) groups is 1. The third kappa shape index (κ3) is 4.17. The molecule has 0 unspecified atom stereocenters. The number of sulfonamides is 1. The number of hydrogen-bond acceptors (Lipinski definition) is 4. The number of likely N-dealkylation sites (N-methyl/N-ethyl adjacent to an activating group) is 1. The van der Waals surface area contributed by atoms with Gasteiger partial charge < -0.3 is 4.90 Å². The van der Waals surface area contributed by atoms with Crippen molar-refractivity contribution in [2.75, 3.05) is 22.8 Å². The Kier molecular flexibility index (Phi) is 5.57. The number of rotatable bonds is 6. The van der Waals surface area contributed by atoms with E-state index in [2.05, 4.69) is 0 Å². The van der Waals surface area contributed by atoms with Crippen LogP contribution >= 0.6 is 11.3 Å². The van der Waals surface area contributed by atoms with E-state index in [-0.39, 0.29) is 9.90 Å². The summed E-state index contributed by atoms with van der Waals surface area (Å²) in [4.78, 5) is 14.1. The summed E-state index contributed by atoms with van der Waals surface area (Å²) in [6, 6.07) is 17.0. The topological polar surface area (TPSA) is 57.7 Å². The van der Waals surface area contributed by atoms with Gasteiger partial charge in [0, 0.05) is 12.7 Å². The van der Waals surface area contributed by atoms with Crippen molar-refractivity contribution < 1.29 is 17.6 Å². The maximum Gasteiger partial charge on any atom is 0.274 e. The van der Waals surface area contributed by atoms with Crippen molar-refractivity contribution in [2.45, 2.75) is 4.21 Å². The van der Waals surface area contributed by atoms with Gasteiger partial charge in [0.1, 0.15) is 16.6 Å². The van der Waals surface area contributed by atoms with E-state index in [1.54, 1.807) is 42.8 Å². The molecule has 0 saturated carbocycles. The molecule has 5 nitrogen and oxygen atoms in total. The lowest BCUT2D eigenvalue weighted by molar-refractivity contribution is -0.116. The SMILES string of the molecule is CN(C(=O)CN(c1ccc(F)cc1)S(=O)(=O)c1cccs1)c1ccccc1. The molecular formula is C19H17FN2O3S2. The Morgan fingerprint density at radius 1 is 0.963 bits per heavy atom. The first-order chi connectivity index (χ1) is 12.9. The van der Waals surface area contributed by atoms with Gasteiger partial charge in [0.25, 0.3) is 10.0 Å². The third-order valence-electron chi connectivity index (χ3n) is 3.95. The number of hydrogen-bond donors (Lipinski definition) is 0. The van der Waals surface area contributed by atoms with Crippen LogP contribution in [0.25, 0.3) is 0 Å². The lowest BCUT2D eigenvalue weighted by atomic mass is 10.3. The Hall–Kier alpha value is -2.71. The highest BCUT2D eigenvalue weighted by Gasteiger charge is 2.29. The standard InChI is InChI=1S/C19H17FN2O3S2/c1-21(16-6-3-2-4-7-16)18(23)14-22(17-11-9-15(20)10-12-17)27(24,25)19-8-5-13-26-19/h2-13H,14H2,1H3. The number of para-hydroxylation sites is 1. The molecule has 8 heteroatoms. The second kappa shape index (κ2) is 7.89. The molecule has 0 fully saturated rings. The molecule has 0 aliphatic rings. The summed E-state index contributed by atoms with van der Waals surface area (Å²) >= 11 is 1.06. The van der Waals surface area contributed by atoms with Crippen LogP contribution in [0.4, 0.5) is 15.8 Å². The molecule has 0 aliphatic carbocycles. The van der Waals surface area contributed by atoms with Crippen molar-refractivity contribution in [3.63, 3.8) is 0 Å². The van der Waals surface area contributed by atoms with E-state index in [0.717, 1.165) is 27.8 Å². The van der Waals surface area contributed by atoms with Crippen molar-refractivity contribution in [3.8, 4) is 0 Å². The molecule has 0 atom stereocenters. The highest BCUT2D eigenvalue weighted by Crippen LogP contribution is 2.27. The van der Waals surface area contributed by atoms with Gasteiger partial charge in [0.05, 0.1) is 5.69 Å². The van der Waals surface area contributed by atoms with Crippen LogP contribution in [-0.4, -0.2) is 27.9 Å². The van der Waals surface area contributed by atoms with Gasteiger partial charge in [-0.2, -0.15) is 0 Å². The van der Waals surface area contributed by atoms with Crippen LogP contribution in [0.3, 0.4) is 0 Å². The highest BCUT2D eigenvalue weighted by atomic mass is 32.2. The zero-order valence-electron chi connectivity index (χ0n) is 14.4. The van der Waals surface area contributed by atoms with E-state index in [0.29, 0.717) is 5.69 Å². The minimum Gasteiger partial charge on any atom is -0.314 e. The van der Waals surface area contributed by atoms with E-state index in [1.165, 1.54) is 23.1 Å². The molecule has 2 aromatic carbocycles. The molecule has 1 amide bonds. The van der Waals surface area contributed by atoms with Gasteiger partial charge in [-0.15, -0.1) is 11.3 Å². The van der Waals surface area contributed by atoms with Crippen LogP contribution in [0, 0.1) is 5.82 Å². The van der Waals surface area contributed by atoms with Crippen LogP contribution in [0.1, 0.15) is 0 Å². The van der Waals surface area contributed by atoms with Crippen molar-refractivity contribution in [3.05, 3.63) is 77.9 Å². The molecule has 27 heavy (non-hydrogen) atoms. The number of nitrogens with zero attached hydrogens (tertiary/aromatic N) is 2. The minimum atomic E-state index is -3.95. The van der Waals surface area contributed by atoms with Gasteiger partial charge in [0.15, 0.2) is 0 Å². The normalized spacial score (nSPS) is 11.2. The predicted molar refractivity (Wildman–Crippen MR) is 105 cm³/mol. The average Bonchev–Trinajstić information content (AvgIpc) is 3.22. The maximum atomic E-state index is 13.3. The van der Waals surface area contributed by atoms with E-state index in [4.69, 9.17) is 0 Å². The number of anilines is 2. The molecule has 0 bridgehead atoms. The molecule has 0 aliphatic heterocycles. The quantitative estimate of drug-likeness (QED) is 0.629. The first-order valence-corrected chi connectivity index (χ1v) is 10.3. The average molecular weight is 404 g/mol. The predicted octanol–water partition coefficient (Wildman–Crippen LogP) is 3.75. The zero-order chi connectivity index (χ0) is 19.4. The Bertz CT molecular complexity index is 1000. The summed E-state index contributed by atoms with van der Waals surface area (Å²) in [7, 11) is -2.37. The Balaban J connectivity index is 1.95. The summed E-state index contributed by atoms with van der Waals surface area (Å²) in [5, 5.41) is 1.65. The largest absolute Gasteiger partial charge is 0.314 e. The van der Waals surface area contributed by atoms with Gasteiger partial charge in [-0.05, 0) is 47.8 Å². The van der Waals surface area contributed by atoms with Crippen molar-refractivity contribution in [1.82, 2.24) is 0 Å². The third-order valence-corrected chi connectivity index (χ3v) is 7.10. The number of halogens is 1. The fourth-order valence-electron chi connectivity index (χ4n) is 2.47. The van der Waals surface area contributed by atoms with E-state index >= 15 is 0 Å². The molecule has 3 aromatic rings. The lowest BCUT2D eigenvalue weighted by Crippen LogP contribution is -2.41. The van der Waals surface area contributed by atoms with Crippen LogP contribution in [0.15, 0.2) is 76.3 Å². The van der Waals surface area contributed by atoms with Crippen molar-refractivity contribution >= 4 is 38.6 Å². The molecule has 3 rings (SSSR count). The molecule has 0 radical (unpaired) electrons. The van der Waals surface area contributed by atoms with Crippen molar-refractivity contribution in [2.24, 2.45) is 0 Å². The lowest BCUT2D eigenvalue weighted by Gasteiger charge is -2.26. The Morgan fingerprint density at radius 2 is 1.63 bits per heavy atom. The minimum absolute atomic E-state index is 0.113. The summed E-state index contributed by atoms with van der Waals surface area (Å²) in [6.45, 7) is -0.405. The molecule has 0 saturated heterocycles. The fraction of sp³-hybridized carbons (Fsp3) is 0.105. The summed E-state index contributed by atoms with van der Waals surface area (Å²) in [5.74, 6) is -0.898. The molecule has 1 aromatic heterocycles. The van der Waals surface area contributed by atoms with Crippen LogP contribution in [-0.2, 0) is 14.8 Å². The second-order valence-corrected chi connectivity index (χ2v) is 8.75. The van der Waals surface area contributed by atoms with E-state index < -0.39 is 28.3 Å². The molecule has 1 heterocycles. The molecule has 0 spiro atoms. The Labute approximate surface area is 161 Å². The smallest absolute Gasteiger partial charge is 0.274 e. The summed E-state index contributed by atoms with van der Waals surface area (Å²) in [6.07, 6.45) is 0. The molecule has 140 valence electrons. The van der Waals surface area contributed by atoms with E-state index in [1.807, 2.05) is 6.07 Å². The first-order valence-electron chi connectivity index (χ1n) is 8.03. The monoisotopic (exact) mass is 404 g/mol. The summed E-state index contributed by atoms with van der Waals surface area (Å²) in [5.41, 5.74) is 0.870. The van der Waals surface area contributed by atoms with Crippen molar-refractivity contribution in [1.29, 1.82) is 0 Å². The molecule has 0 N–H and O–H groups in total. The van der Waals surface area contributed by atoms with Gasteiger partial charge in [-0.1, -0.05) is 24.3 Å². The number of benzene rings is 2.